The fourth-order valence-electron chi connectivity index (χ4n) is 2.18. The molecular formula is C13H17ClN2O. The summed E-state index contributed by atoms with van der Waals surface area (Å²) in [5.74, 6) is 0. The van der Waals surface area contributed by atoms with E-state index in [4.69, 9.17) is 11.6 Å². The number of halogens is 1. The standard InChI is InChI=1S/C13H17ClN2O/c1-10-8-16(6-5-15(10)2)13-4-3-12(14)7-11(13)9-17/h3-4,7,9-10H,5-6,8H2,1-2H3. The second-order valence-electron chi connectivity index (χ2n) is 4.60. The molecule has 92 valence electrons. The number of hydrogen-bond donors (Lipinski definition) is 0. The van der Waals surface area contributed by atoms with Gasteiger partial charge in [0.25, 0.3) is 0 Å². The monoisotopic (exact) mass is 252 g/mol. The van der Waals surface area contributed by atoms with E-state index in [1.807, 2.05) is 12.1 Å². The maximum Gasteiger partial charge on any atom is 0.152 e. The van der Waals surface area contributed by atoms with Gasteiger partial charge in [-0.3, -0.25) is 4.79 Å². The van der Waals surface area contributed by atoms with E-state index in [1.54, 1.807) is 6.07 Å². The van der Waals surface area contributed by atoms with Crippen LogP contribution in [0.2, 0.25) is 5.02 Å². The Morgan fingerprint density at radius 1 is 1.41 bits per heavy atom. The van der Waals surface area contributed by atoms with Gasteiger partial charge in [0.1, 0.15) is 0 Å². The number of carbonyl (C=O) groups is 1. The molecule has 0 bridgehead atoms. The van der Waals surface area contributed by atoms with Crippen molar-refractivity contribution in [3.05, 3.63) is 28.8 Å². The molecule has 1 aliphatic heterocycles. The molecular weight excluding hydrogens is 236 g/mol. The molecule has 4 heteroatoms. The summed E-state index contributed by atoms with van der Waals surface area (Å²) >= 11 is 5.90. The zero-order valence-electron chi connectivity index (χ0n) is 10.2. The van der Waals surface area contributed by atoms with Crippen molar-refractivity contribution in [2.75, 3.05) is 31.6 Å². The predicted octanol–water partition coefficient (Wildman–Crippen LogP) is 2.29. The second kappa shape index (κ2) is 5.07. The second-order valence-corrected chi connectivity index (χ2v) is 5.03. The summed E-state index contributed by atoms with van der Waals surface area (Å²) in [7, 11) is 2.13. The van der Waals surface area contributed by atoms with Crippen LogP contribution in [0.5, 0.6) is 0 Å². The fourth-order valence-corrected chi connectivity index (χ4v) is 2.36. The van der Waals surface area contributed by atoms with Gasteiger partial charge in [0, 0.05) is 41.9 Å². The largest absolute Gasteiger partial charge is 0.368 e. The van der Waals surface area contributed by atoms with Crippen LogP contribution in [0.25, 0.3) is 0 Å². The summed E-state index contributed by atoms with van der Waals surface area (Å²) in [6, 6.07) is 6.00. The van der Waals surface area contributed by atoms with Gasteiger partial charge in [-0.15, -0.1) is 0 Å². The zero-order chi connectivity index (χ0) is 12.4. The van der Waals surface area contributed by atoms with E-state index in [1.165, 1.54) is 0 Å². The van der Waals surface area contributed by atoms with Crippen LogP contribution in [0, 0.1) is 0 Å². The van der Waals surface area contributed by atoms with E-state index in [2.05, 4.69) is 23.8 Å². The van der Waals surface area contributed by atoms with E-state index >= 15 is 0 Å². The number of aldehydes is 1. The molecule has 1 atom stereocenters. The zero-order valence-corrected chi connectivity index (χ0v) is 10.9. The predicted molar refractivity (Wildman–Crippen MR) is 71.1 cm³/mol. The SMILES string of the molecule is CC1CN(c2ccc(Cl)cc2C=O)CCN1C. The first kappa shape index (κ1) is 12.4. The molecule has 0 radical (unpaired) electrons. The summed E-state index contributed by atoms with van der Waals surface area (Å²) in [6.45, 7) is 5.10. The molecule has 1 aromatic carbocycles. The molecule has 1 fully saturated rings. The highest BCUT2D eigenvalue weighted by Crippen LogP contribution is 2.25. The molecule has 1 aromatic rings. The van der Waals surface area contributed by atoms with E-state index in [0.29, 0.717) is 16.6 Å². The van der Waals surface area contributed by atoms with Gasteiger partial charge in [0.15, 0.2) is 6.29 Å². The lowest BCUT2D eigenvalue weighted by Gasteiger charge is -2.39. The van der Waals surface area contributed by atoms with Crippen LogP contribution in [-0.2, 0) is 0 Å². The van der Waals surface area contributed by atoms with Crippen LogP contribution in [0.4, 0.5) is 5.69 Å². The third-order valence-corrected chi connectivity index (χ3v) is 3.65. The average Bonchev–Trinajstić information content (AvgIpc) is 2.32. The van der Waals surface area contributed by atoms with Crippen molar-refractivity contribution in [3.8, 4) is 0 Å². The Morgan fingerprint density at radius 3 is 2.82 bits per heavy atom. The Kier molecular flexibility index (Phi) is 3.69. The molecule has 0 spiro atoms. The lowest BCUT2D eigenvalue weighted by atomic mass is 10.1. The molecule has 17 heavy (non-hydrogen) atoms. The minimum absolute atomic E-state index is 0.499. The van der Waals surface area contributed by atoms with E-state index in [-0.39, 0.29) is 0 Å². The van der Waals surface area contributed by atoms with Crippen molar-refractivity contribution in [1.82, 2.24) is 4.90 Å². The van der Waals surface area contributed by atoms with Crippen LogP contribution in [0.1, 0.15) is 17.3 Å². The summed E-state index contributed by atoms with van der Waals surface area (Å²) in [5.41, 5.74) is 1.67. The Bertz CT molecular complexity index is 422. The van der Waals surface area contributed by atoms with E-state index < -0.39 is 0 Å². The first-order valence-corrected chi connectivity index (χ1v) is 6.19. The molecule has 1 heterocycles. The summed E-state index contributed by atoms with van der Waals surface area (Å²) in [4.78, 5) is 15.7. The van der Waals surface area contributed by atoms with Gasteiger partial charge in [-0.05, 0) is 32.2 Å². The molecule has 0 aliphatic carbocycles. The quantitative estimate of drug-likeness (QED) is 0.755. The van der Waals surface area contributed by atoms with Crippen LogP contribution in [-0.4, -0.2) is 43.9 Å². The summed E-state index contributed by atoms with van der Waals surface area (Å²) in [5, 5.41) is 0.609. The third-order valence-electron chi connectivity index (χ3n) is 3.42. The highest BCUT2D eigenvalue weighted by atomic mass is 35.5. The number of benzene rings is 1. The first-order valence-electron chi connectivity index (χ1n) is 5.81. The number of anilines is 1. The lowest BCUT2D eigenvalue weighted by molar-refractivity contribution is 0.112. The van der Waals surface area contributed by atoms with Crippen molar-refractivity contribution < 1.29 is 4.79 Å². The van der Waals surface area contributed by atoms with E-state index in [0.717, 1.165) is 31.6 Å². The molecule has 3 nitrogen and oxygen atoms in total. The van der Waals surface area contributed by atoms with E-state index in [9.17, 15) is 4.79 Å². The van der Waals surface area contributed by atoms with Gasteiger partial charge in [-0.2, -0.15) is 0 Å². The number of likely N-dealkylation sites (N-methyl/N-ethyl adjacent to an activating group) is 1. The van der Waals surface area contributed by atoms with Gasteiger partial charge in [0.05, 0.1) is 0 Å². The van der Waals surface area contributed by atoms with Crippen molar-refractivity contribution in [2.24, 2.45) is 0 Å². The Hall–Kier alpha value is -1.06. The minimum Gasteiger partial charge on any atom is -0.368 e. The molecule has 0 saturated carbocycles. The average molecular weight is 253 g/mol. The third kappa shape index (κ3) is 2.61. The van der Waals surface area contributed by atoms with Crippen LogP contribution >= 0.6 is 11.6 Å². The number of nitrogens with zero attached hydrogens (tertiary/aromatic N) is 2. The van der Waals surface area contributed by atoms with Crippen LogP contribution in [0.3, 0.4) is 0 Å². The van der Waals surface area contributed by atoms with Crippen molar-refractivity contribution in [1.29, 1.82) is 0 Å². The highest BCUT2D eigenvalue weighted by molar-refractivity contribution is 6.31. The van der Waals surface area contributed by atoms with Gasteiger partial charge in [0.2, 0.25) is 0 Å². The number of hydrogen-bond acceptors (Lipinski definition) is 3. The Balaban J connectivity index is 2.25. The summed E-state index contributed by atoms with van der Waals surface area (Å²) in [6.07, 6.45) is 0.879. The lowest BCUT2D eigenvalue weighted by Crippen LogP contribution is -2.50. The molecule has 0 N–H and O–H groups in total. The van der Waals surface area contributed by atoms with Crippen molar-refractivity contribution in [3.63, 3.8) is 0 Å². The molecule has 0 aromatic heterocycles. The Labute approximate surface area is 107 Å². The number of carbonyl (C=O) groups excluding carboxylic acids is 1. The highest BCUT2D eigenvalue weighted by Gasteiger charge is 2.22. The van der Waals surface area contributed by atoms with Crippen LogP contribution in [0.15, 0.2) is 18.2 Å². The minimum atomic E-state index is 0.499. The molecule has 1 unspecified atom stereocenters. The maximum atomic E-state index is 11.1. The van der Waals surface area contributed by atoms with Gasteiger partial charge in [-0.25, -0.2) is 0 Å². The number of rotatable bonds is 2. The molecule has 1 aliphatic rings. The Morgan fingerprint density at radius 2 is 2.18 bits per heavy atom. The van der Waals surface area contributed by atoms with Gasteiger partial charge in [-0.1, -0.05) is 11.6 Å². The van der Waals surface area contributed by atoms with Crippen LogP contribution < -0.4 is 4.90 Å². The van der Waals surface area contributed by atoms with Gasteiger partial charge < -0.3 is 9.80 Å². The smallest absolute Gasteiger partial charge is 0.152 e. The molecule has 1 saturated heterocycles. The van der Waals surface area contributed by atoms with Crippen molar-refractivity contribution in [2.45, 2.75) is 13.0 Å². The van der Waals surface area contributed by atoms with Crippen molar-refractivity contribution >= 4 is 23.6 Å². The topological polar surface area (TPSA) is 23.6 Å². The summed E-state index contributed by atoms with van der Waals surface area (Å²) < 4.78 is 0. The normalized spacial score (nSPS) is 21.6. The maximum absolute atomic E-state index is 11.1. The first-order chi connectivity index (χ1) is 8.11. The fraction of sp³-hybridized carbons (Fsp3) is 0.462. The van der Waals surface area contributed by atoms with Gasteiger partial charge >= 0.3 is 0 Å². The molecule has 0 amide bonds. The number of piperazine rings is 1. The molecule has 2 rings (SSSR count).